The minimum Gasteiger partial charge on any atom is -0.495 e. The summed E-state index contributed by atoms with van der Waals surface area (Å²) in [5.74, 6) is 0.828. The molecule has 2 aromatic rings. The number of carbonyl (C=O) groups is 1. The summed E-state index contributed by atoms with van der Waals surface area (Å²) in [4.78, 5) is 16.3. The maximum absolute atomic E-state index is 11.7. The second-order valence-electron chi connectivity index (χ2n) is 6.78. The predicted octanol–water partition coefficient (Wildman–Crippen LogP) is 4.59. The lowest BCUT2D eigenvalue weighted by Crippen LogP contribution is -2.17. The third-order valence-corrected chi connectivity index (χ3v) is 5.48. The summed E-state index contributed by atoms with van der Waals surface area (Å²) < 4.78 is 12.5. The highest BCUT2D eigenvalue weighted by molar-refractivity contribution is 6.32. The molecule has 0 radical (unpaired) electrons. The summed E-state index contributed by atoms with van der Waals surface area (Å²) in [6, 6.07) is 5.77. The van der Waals surface area contributed by atoms with E-state index >= 15 is 0 Å². The first kappa shape index (κ1) is 18.8. The van der Waals surface area contributed by atoms with Crippen molar-refractivity contribution in [2.75, 3.05) is 14.2 Å². The number of halogens is 1. The van der Waals surface area contributed by atoms with Gasteiger partial charge in [0, 0.05) is 16.8 Å². The summed E-state index contributed by atoms with van der Waals surface area (Å²) in [6.45, 7) is 5.07. The van der Waals surface area contributed by atoms with Gasteiger partial charge in [0.05, 0.1) is 31.3 Å². The summed E-state index contributed by atoms with van der Waals surface area (Å²) in [6.07, 6.45) is 2.57. The Hall–Kier alpha value is -2.01. The molecule has 0 amide bonds. The van der Waals surface area contributed by atoms with Gasteiger partial charge in [0.2, 0.25) is 0 Å². The zero-order chi connectivity index (χ0) is 18.8. The van der Waals surface area contributed by atoms with Gasteiger partial charge in [-0.25, -0.2) is 4.79 Å². The molecule has 1 aliphatic heterocycles. The molecule has 0 saturated heterocycles. The van der Waals surface area contributed by atoms with Crippen molar-refractivity contribution < 1.29 is 14.3 Å². The van der Waals surface area contributed by atoms with E-state index in [1.807, 2.05) is 12.1 Å². The fraction of sp³-hybridized carbons (Fsp3) is 0.500. The molecule has 0 aliphatic carbocycles. The molecule has 2 atom stereocenters. The van der Waals surface area contributed by atoms with Crippen molar-refractivity contribution in [3.05, 3.63) is 28.9 Å². The minimum absolute atomic E-state index is 0.257. The molecule has 140 valence electrons. The highest BCUT2D eigenvalue weighted by Crippen LogP contribution is 2.35. The van der Waals surface area contributed by atoms with Gasteiger partial charge in [0.15, 0.2) is 0 Å². The standard InChI is InChI=1S/C20H25ClN2O3/c1-5-12(2)17-8-13-9-19(25-3)15(21)10-18(13)23(17)11-14-6-7-16(22-14)20(24)26-4/h8-10,12,16H,5-7,11H2,1-4H3. The lowest BCUT2D eigenvalue weighted by molar-refractivity contribution is -0.141. The van der Waals surface area contributed by atoms with Gasteiger partial charge in [-0.1, -0.05) is 25.4 Å². The van der Waals surface area contributed by atoms with E-state index in [2.05, 4.69) is 29.5 Å². The van der Waals surface area contributed by atoms with Gasteiger partial charge in [-0.05, 0) is 43.4 Å². The Labute approximate surface area is 158 Å². The molecule has 2 heterocycles. The van der Waals surface area contributed by atoms with Gasteiger partial charge < -0.3 is 14.0 Å². The number of fused-ring (bicyclic) bond motifs is 1. The number of aromatic nitrogens is 1. The van der Waals surface area contributed by atoms with Gasteiger partial charge in [-0.15, -0.1) is 0 Å². The maximum Gasteiger partial charge on any atom is 0.330 e. The average Bonchev–Trinajstić information content (AvgIpc) is 3.25. The van der Waals surface area contributed by atoms with Crippen LogP contribution in [0.3, 0.4) is 0 Å². The maximum atomic E-state index is 11.7. The van der Waals surface area contributed by atoms with Crippen molar-refractivity contribution in [1.82, 2.24) is 4.57 Å². The Bertz CT molecular complexity index is 856. The second kappa shape index (κ2) is 7.70. The number of nitrogens with zero attached hydrogens (tertiary/aromatic N) is 2. The van der Waals surface area contributed by atoms with Crippen molar-refractivity contribution in [3.63, 3.8) is 0 Å². The van der Waals surface area contributed by atoms with Crippen LogP contribution in [0.2, 0.25) is 5.02 Å². The van der Waals surface area contributed by atoms with E-state index in [0.29, 0.717) is 29.7 Å². The number of rotatable bonds is 6. The van der Waals surface area contributed by atoms with Crippen LogP contribution in [0.5, 0.6) is 5.75 Å². The lowest BCUT2D eigenvalue weighted by atomic mass is 10.0. The van der Waals surface area contributed by atoms with Gasteiger partial charge in [0.25, 0.3) is 0 Å². The van der Waals surface area contributed by atoms with Gasteiger partial charge in [-0.3, -0.25) is 4.99 Å². The van der Waals surface area contributed by atoms with Crippen molar-refractivity contribution in [3.8, 4) is 5.75 Å². The third-order valence-electron chi connectivity index (χ3n) is 5.18. The van der Waals surface area contributed by atoms with Crippen molar-refractivity contribution in [2.24, 2.45) is 4.99 Å². The van der Waals surface area contributed by atoms with Crippen LogP contribution in [0.15, 0.2) is 23.2 Å². The molecule has 0 N–H and O–H groups in total. The molecule has 26 heavy (non-hydrogen) atoms. The second-order valence-corrected chi connectivity index (χ2v) is 7.19. The number of aliphatic imine (C=N–C) groups is 1. The molecule has 0 saturated carbocycles. The third kappa shape index (κ3) is 3.45. The van der Waals surface area contributed by atoms with Crippen LogP contribution in [0, 0.1) is 0 Å². The van der Waals surface area contributed by atoms with Crippen molar-refractivity contribution in [2.45, 2.75) is 51.6 Å². The fourth-order valence-electron chi connectivity index (χ4n) is 3.50. The van der Waals surface area contributed by atoms with E-state index in [1.54, 1.807) is 7.11 Å². The molecular formula is C20H25ClN2O3. The van der Waals surface area contributed by atoms with Crippen LogP contribution in [-0.2, 0) is 16.1 Å². The Morgan fingerprint density at radius 2 is 2.15 bits per heavy atom. The molecule has 2 unspecified atom stereocenters. The predicted molar refractivity (Wildman–Crippen MR) is 105 cm³/mol. The first-order valence-corrected chi connectivity index (χ1v) is 9.36. The first-order valence-electron chi connectivity index (χ1n) is 8.98. The molecule has 1 aliphatic rings. The Kier molecular flexibility index (Phi) is 5.56. The molecule has 6 heteroatoms. The van der Waals surface area contributed by atoms with Gasteiger partial charge in [-0.2, -0.15) is 0 Å². The van der Waals surface area contributed by atoms with E-state index in [1.165, 1.54) is 12.8 Å². The molecule has 5 nitrogen and oxygen atoms in total. The number of methoxy groups -OCH3 is 2. The van der Waals surface area contributed by atoms with E-state index in [4.69, 9.17) is 21.1 Å². The number of benzene rings is 1. The summed E-state index contributed by atoms with van der Waals surface area (Å²) in [5.41, 5.74) is 3.33. The van der Waals surface area contributed by atoms with E-state index in [9.17, 15) is 4.79 Å². The van der Waals surface area contributed by atoms with E-state index in [0.717, 1.165) is 29.5 Å². The summed E-state index contributed by atoms with van der Waals surface area (Å²) >= 11 is 6.37. The number of hydrogen-bond donors (Lipinski definition) is 0. The molecule has 1 aromatic heterocycles. The summed E-state index contributed by atoms with van der Waals surface area (Å²) in [5, 5.41) is 1.69. The Morgan fingerprint density at radius 1 is 1.38 bits per heavy atom. The van der Waals surface area contributed by atoms with E-state index < -0.39 is 0 Å². The smallest absolute Gasteiger partial charge is 0.330 e. The SMILES string of the molecule is CCC(C)c1cc2cc(OC)c(Cl)cc2n1CC1=NC(C(=O)OC)CC1. The van der Waals surface area contributed by atoms with Crippen LogP contribution < -0.4 is 4.74 Å². The van der Waals surface area contributed by atoms with E-state index in [-0.39, 0.29) is 12.0 Å². The van der Waals surface area contributed by atoms with Crippen LogP contribution >= 0.6 is 11.6 Å². The number of hydrogen-bond acceptors (Lipinski definition) is 4. The lowest BCUT2D eigenvalue weighted by Gasteiger charge is -2.15. The topological polar surface area (TPSA) is 52.8 Å². The fourth-order valence-corrected chi connectivity index (χ4v) is 3.73. The molecule has 0 spiro atoms. The zero-order valence-electron chi connectivity index (χ0n) is 15.7. The minimum atomic E-state index is -0.368. The average molecular weight is 377 g/mol. The molecule has 0 bridgehead atoms. The Balaban J connectivity index is 2.03. The van der Waals surface area contributed by atoms with Crippen molar-refractivity contribution >= 4 is 34.2 Å². The Morgan fingerprint density at radius 3 is 2.81 bits per heavy atom. The van der Waals surface area contributed by atoms with Crippen LogP contribution in [0.1, 0.15) is 44.7 Å². The monoisotopic (exact) mass is 376 g/mol. The quantitative estimate of drug-likeness (QED) is 0.692. The molecule has 1 aromatic carbocycles. The normalized spacial score (nSPS) is 18.0. The summed E-state index contributed by atoms with van der Waals surface area (Å²) in [7, 11) is 3.03. The molecule has 3 rings (SSSR count). The first-order chi connectivity index (χ1) is 12.5. The van der Waals surface area contributed by atoms with Gasteiger partial charge >= 0.3 is 5.97 Å². The van der Waals surface area contributed by atoms with Gasteiger partial charge in [0.1, 0.15) is 11.8 Å². The highest BCUT2D eigenvalue weighted by atomic mass is 35.5. The largest absolute Gasteiger partial charge is 0.495 e. The zero-order valence-corrected chi connectivity index (χ0v) is 16.5. The highest BCUT2D eigenvalue weighted by Gasteiger charge is 2.26. The van der Waals surface area contributed by atoms with Crippen LogP contribution in [0.4, 0.5) is 0 Å². The van der Waals surface area contributed by atoms with Crippen molar-refractivity contribution in [1.29, 1.82) is 0 Å². The number of carbonyl (C=O) groups excluding carboxylic acids is 1. The molecular weight excluding hydrogens is 352 g/mol. The number of ether oxygens (including phenoxy) is 2. The van der Waals surface area contributed by atoms with Crippen LogP contribution in [-0.4, -0.2) is 36.5 Å². The molecule has 0 fully saturated rings. The number of esters is 1. The van der Waals surface area contributed by atoms with Crippen LogP contribution in [0.25, 0.3) is 10.9 Å².